The van der Waals surface area contributed by atoms with Crippen molar-refractivity contribution >= 4 is 17.5 Å². The fraction of sp³-hybridized carbons (Fsp3) is 0.105. The monoisotopic (exact) mass is 351 g/mol. The molecule has 3 rings (SSSR count). The predicted molar refractivity (Wildman–Crippen MR) is 98.2 cm³/mol. The van der Waals surface area contributed by atoms with Gasteiger partial charge in [-0.25, -0.2) is 0 Å². The molecule has 1 aromatic heterocycles. The summed E-state index contributed by atoms with van der Waals surface area (Å²) in [5.41, 5.74) is 0.641. The number of allylic oxidation sites excluding steroid dienone is 1. The standard InChI is InChI=1S/C19H17N3O2S/c1-2-12-22-14-20-21-19(22)25-13-18(23)15-8-10-17(11-9-15)24-16-6-4-3-5-7-16/h2-11,14H,1,12-13H2. The largest absolute Gasteiger partial charge is 0.457 e. The van der Waals surface area contributed by atoms with Gasteiger partial charge in [-0.2, -0.15) is 0 Å². The number of carbonyl (C=O) groups is 1. The van der Waals surface area contributed by atoms with E-state index in [0.717, 1.165) is 5.75 Å². The number of ether oxygens (including phenoxy) is 1. The van der Waals surface area contributed by atoms with Crippen LogP contribution in [0.1, 0.15) is 10.4 Å². The van der Waals surface area contributed by atoms with Gasteiger partial charge in [0.05, 0.1) is 5.75 Å². The van der Waals surface area contributed by atoms with Gasteiger partial charge in [0.2, 0.25) is 0 Å². The third kappa shape index (κ3) is 4.58. The lowest BCUT2D eigenvalue weighted by molar-refractivity contribution is 0.102. The molecule has 0 spiro atoms. The van der Waals surface area contributed by atoms with Crippen LogP contribution in [0.4, 0.5) is 0 Å². The summed E-state index contributed by atoms with van der Waals surface area (Å²) in [5, 5.41) is 8.58. The number of ketones is 1. The lowest BCUT2D eigenvalue weighted by atomic mass is 10.1. The average molecular weight is 351 g/mol. The smallest absolute Gasteiger partial charge is 0.191 e. The molecule has 0 unspecified atom stereocenters. The summed E-state index contributed by atoms with van der Waals surface area (Å²) in [7, 11) is 0. The molecule has 0 saturated heterocycles. The molecule has 0 amide bonds. The van der Waals surface area contributed by atoms with E-state index in [2.05, 4.69) is 16.8 Å². The van der Waals surface area contributed by atoms with Crippen molar-refractivity contribution < 1.29 is 9.53 Å². The molecule has 0 aliphatic rings. The number of hydrogen-bond acceptors (Lipinski definition) is 5. The van der Waals surface area contributed by atoms with Crippen molar-refractivity contribution in [2.24, 2.45) is 0 Å². The lowest BCUT2D eigenvalue weighted by Crippen LogP contribution is -2.04. The normalized spacial score (nSPS) is 10.4. The fourth-order valence-corrected chi connectivity index (χ4v) is 2.99. The first-order valence-corrected chi connectivity index (χ1v) is 8.72. The highest BCUT2D eigenvalue weighted by Crippen LogP contribution is 2.22. The SMILES string of the molecule is C=CCn1cnnc1SCC(=O)c1ccc(Oc2ccccc2)cc1. The van der Waals surface area contributed by atoms with E-state index in [0.29, 0.717) is 28.8 Å². The first-order chi connectivity index (χ1) is 12.3. The Balaban J connectivity index is 1.59. The number of carbonyl (C=O) groups excluding carboxylic acids is 1. The third-order valence-corrected chi connectivity index (χ3v) is 4.37. The van der Waals surface area contributed by atoms with E-state index in [9.17, 15) is 4.79 Å². The van der Waals surface area contributed by atoms with Gasteiger partial charge in [0, 0.05) is 12.1 Å². The Morgan fingerprint density at radius 1 is 1.12 bits per heavy atom. The highest BCUT2D eigenvalue weighted by molar-refractivity contribution is 7.99. The molecule has 25 heavy (non-hydrogen) atoms. The second kappa shape index (κ2) is 8.30. The van der Waals surface area contributed by atoms with Gasteiger partial charge in [0.15, 0.2) is 10.9 Å². The predicted octanol–water partition coefficient (Wildman–Crippen LogP) is 4.23. The number of Topliss-reactive ketones (excluding diaryl/α,β-unsaturated/α-hetero) is 1. The Morgan fingerprint density at radius 2 is 1.84 bits per heavy atom. The van der Waals surface area contributed by atoms with Crippen LogP contribution in [0, 0.1) is 0 Å². The summed E-state index contributed by atoms with van der Waals surface area (Å²) in [6.45, 7) is 4.31. The minimum atomic E-state index is 0.0319. The van der Waals surface area contributed by atoms with Crippen LogP contribution >= 0.6 is 11.8 Å². The average Bonchev–Trinajstić information content (AvgIpc) is 3.09. The third-order valence-electron chi connectivity index (χ3n) is 3.39. The Morgan fingerprint density at radius 3 is 2.56 bits per heavy atom. The summed E-state index contributed by atoms with van der Waals surface area (Å²) >= 11 is 1.36. The maximum atomic E-state index is 12.3. The van der Waals surface area contributed by atoms with Gasteiger partial charge >= 0.3 is 0 Å². The van der Waals surface area contributed by atoms with Crippen molar-refractivity contribution in [3.8, 4) is 11.5 Å². The summed E-state index contributed by atoms with van der Waals surface area (Å²) in [5.74, 6) is 1.79. The van der Waals surface area contributed by atoms with E-state index in [1.807, 2.05) is 34.9 Å². The van der Waals surface area contributed by atoms with E-state index in [-0.39, 0.29) is 5.78 Å². The molecule has 0 radical (unpaired) electrons. The van der Waals surface area contributed by atoms with Crippen molar-refractivity contribution in [3.63, 3.8) is 0 Å². The lowest BCUT2D eigenvalue weighted by Gasteiger charge is -2.06. The van der Waals surface area contributed by atoms with Crippen molar-refractivity contribution in [2.75, 3.05) is 5.75 Å². The Bertz CT molecular complexity index is 845. The van der Waals surface area contributed by atoms with E-state index in [4.69, 9.17) is 4.74 Å². The first-order valence-electron chi connectivity index (χ1n) is 7.74. The summed E-state index contributed by atoms with van der Waals surface area (Å²) < 4.78 is 7.58. The highest BCUT2D eigenvalue weighted by Gasteiger charge is 2.10. The van der Waals surface area contributed by atoms with E-state index in [1.165, 1.54) is 11.8 Å². The molecule has 0 aliphatic carbocycles. The van der Waals surface area contributed by atoms with Gasteiger partial charge in [-0.15, -0.1) is 16.8 Å². The molecule has 6 heteroatoms. The molecule has 0 bridgehead atoms. The number of para-hydroxylation sites is 1. The number of thioether (sulfide) groups is 1. The number of aromatic nitrogens is 3. The quantitative estimate of drug-likeness (QED) is 0.345. The minimum absolute atomic E-state index is 0.0319. The van der Waals surface area contributed by atoms with Crippen LogP contribution in [0.5, 0.6) is 11.5 Å². The first kappa shape index (κ1) is 17.0. The molecule has 5 nitrogen and oxygen atoms in total. The molecule has 0 N–H and O–H groups in total. The Kier molecular flexibility index (Phi) is 5.64. The van der Waals surface area contributed by atoms with Gasteiger partial charge in [-0.1, -0.05) is 36.0 Å². The van der Waals surface area contributed by atoms with Crippen molar-refractivity contribution in [1.29, 1.82) is 0 Å². The van der Waals surface area contributed by atoms with Crippen LogP contribution in [0.2, 0.25) is 0 Å². The minimum Gasteiger partial charge on any atom is -0.457 e. The van der Waals surface area contributed by atoms with Crippen LogP contribution in [0.3, 0.4) is 0 Å². The molecule has 0 aliphatic heterocycles. The zero-order chi connectivity index (χ0) is 17.5. The zero-order valence-corrected chi connectivity index (χ0v) is 14.4. The maximum absolute atomic E-state index is 12.3. The van der Waals surface area contributed by atoms with E-state index >= 15 is 0 Å². The Labute approximate surface area is 150 Å². The number of hydrogen-bond donors (Lipinski definition) is 0. The van der Waals surface area contributed by atoms with Gasteiger partial charge in [-0.05, 0) is 36.4 Å². The summed E-state index contributed by atoms with van der Waals surface area (Å²) in [4.78, 5) is 12.3. The number of benzene rings is 2. The van der Waals surface area contributed by atoms with E-state index in [1.54, 1.807) is 36.7 Å². The summed E-state index contributed by atoms with van der Waals surface area (Å²) in [6.07, 6.45) is 3.39. The Hall–Kier alpha value is -2.86. The van der Waals surface area contributed by atoms with E-state index < -0.39 is 0 Å². The molecular weight excluding hydrogens is 334 g/mol. The van der Waals surface area contributed by atoms with Crippen LogP contribution in [0.15, 0.2) is 78.7 Å². The molecule has 0 fully saturated rings. The van der Waals surface area contributed by atoms with Crippen LogP contribution < -0.4 is 4.74 Å². The molecular formula is C19H17N3O2S. The van der Waals surface area contributed by atoms with Crippen molar-refractivity contribution in [1.82, 2.24) is 14.8 Å². The van der Waals surface area contributed by atoms with Crippen molar-refractivity contribution in [3.05, 3.63) is 79.1 Å². The maximum Gasteiger partial charge on any atom is 0.191 e. The molecule has 126 valence electrons. The number of nitrogens with zero attached hydrogens (tertiary/aromatic N) is 3. The second-order valence-electron chi connectivity index (χ2n) is 5.21. The van der Waals surface area contributed by atoms with Crippen LogP contribution in [-0.4, -0.2) is 26.3 Å². The molecule has 1 heterocycles. The summed E-state index contributed by atoms with van der Waals surface area (Å²) in [6, 6.07) is 16.7. The number of rotatable bonds is 8. The molecule has 0 saturated carbocycles. The van der Waals surface area contributed by atoms with Crippen molar-refractivity contribution in [2.45, 2.75) is 11.7 Å². The van der Waals surface area contributed by atoms with Crippen LogP contribution in [0.25, 0.3) is 0 Å². The fourth-order valence-electron chi connectivity index (χ4n) is 2.17. The van der Waals surface area contributed by atoms with Crippen LogP contribution in [-0.2, 0) is 6.54 Å². The van der Waals surface area contributed by atoms with Gasteiger partial charge < -0.3 is 9.30 Å². The van der Waals surface area contributed by atoms with Gasteiger partial charge in [-0.3, -0.25) is 4.79 Å². The zero-order valence-electron chi connectivity index (χ0n) is 13.5. The van der Waals surface area contributed by atoms with Gasteiger partial charge in [0.25, 0.3) is 0 Å². The topological polar surface area (TPSA) is 57.0 Å². The highest BCUT2D eigenvalue weighted by atomic mass is 32.2. The van der Waals surface area contributed by atoms with Gasteiger partial charge in [0.1, 0.15) is 17.8 Å². The molecule has 3 aromatic rings. The molecule has 2 aromatic carbocycles. The molecule has 0 atom stereocenters. The second-order valence-corrected chi connectivity index (χ2v) is 6.15.